The number of benzene rings is 1. The number of hydrogen-bond acceptors (Lipinski definition) is 4. The SMILES string of the molecule is CC(=NOc1cnn(C(C)(C)C)c(=O)c1Cl)c1ccc(Cl)cc1. The van der Waals surface area contributed by atoms with Gasteiger partial charge in [0.25, 0.3) is 5.56 Å². The van der Waals surface area contributed by atoms with Crippen LogP contribution in [0.15, 0.2) is 40.4 Å². The molecule has 1 aromatic heterocycles. The molecule has 0 N–H and O–H groups in total. The Bertz CT molecular complexity index is 790. The lowest BCUT2D eigenvalue weighted by atomic mass is 10.1. The van der Waals surface area contributed by atoms with Gasteiger partial charge >= 0.3 is 0 Å². The summed E-state index contributed by atoms with van der Waals surface area (Å²) in [4.78, 5) is 17.5. The van der Waals surface area contributed by atoms with Gasteiger partial charge in [0.2, 0.25) is 5.75 Å². The number of rotatable bonds is 3. The molecule has 2 rings (SSSR count). The third-order valence-electron chi connectivity index (χ3n) is 3.07. The standard InChI is InChI=1S/C16H17Cl2N3O2/c1-10(11-5-7-12(17)8-6-11)20-23-13-9-19-21(16(2,3)4)15(22)14(13)18/h5-9H,1-4H3. The molecule has 1 heterocycles. The normalized spacial score (nSPS) is 12.3. The number of halogens is 2. The van der Waals surface area contributed by atoms with Crippen molar-refractivity contribution in [3.8, 4) is 5.75 Å². The second-order valence-corrected chi connectivity index (χ2v) is 6.80. The molecule has 0 unspecified atom stereocenters. The van der Waals surface area contributed by atoms with Crippen LogP contribution in [0.25, 0.3) is 0 Å². The lowest BCUT2D eigenvalue weighted by Gasteiger charge is -2.20. The van der Waals surface area contributed by atoms with E-state index in [1.807, 2.05) is 32.9 Å². The molecule has 0 amide bonds. The molecule has 0 aliphatic carbocycles. The van der Waals surface area contributed by atoms with E-state index in [-0.39, 0.29) is 10.8 Å². The summed E-state index contributed by atoms with van der Waals surface area (Å²) < 4.78 is 1.30. The highest BCUT2D eigenvalue weighted by Crippen LogP contribution is 2.21. The summed E-state index contributed by atoms with van der Waals surface area (Å²) in [5.74, 6) is 0.116. The van der Waals surface area contributed by atoms with Crippen molar-refractivity contribution in [1.29, 1.82) is 0 Å². The van der Waals surface area contributed by atoms with Crippen molar-refractivity contribution in [3.05, 3.63) is 56.4 Å². The van der Waals surface area contributed by atoms with Crippen LogP contribution in [0.2, 0.25) is 10.0 Å². The molecular weight excluding hydrogens is 337 g/mol. The first-order valence-corrected chi connectivity index (χ1v) is 7.71. The van der Waals surface area contributed by atoms with E-state index < -0.39 is 11.1 Å². The van der Waals surface area contributed by atoms with E-state index in [0.29, 0.717) is 10.7 Å². The predicted octanol–water partition coefficient (Wildman–Crippen LogP) is 4.11. The molecule has 0 saturated heterocycles. The summed E-state index contributed by atoms with van der Waals surface area (Å²) in [7, 11) is 0. The molecule has 5 nitrogen and oxygen atoms in total. The summed E-state index contributed by atoms with van der Waals surface area (Å²) in [6, 6.07) is 7.16. The molecule has 122 valence electrons. The minimum Gasteiger partial charge on any atom is -0.353 e. The van der Waals surface area contributed by atoms with E-state index in [4.69, 9.17) is 28.0 Å². The maximum Gasteiger partial charge on any atom is 0.289 e. The molecule has 1 aromatic carbocycles. The zero-order valence-corrected chi connectivity index (χ0v) is 14.8. The largest absolute Gasteiger partial charge is 0.353 e. The fourth-order valence-corrected chi connectivity index (χ4v) is 2.11. The Morgan fingerprint density at radius 1 is 1.22 bits per heavy atom. The summed E-state index contributed by atoms with van der Waals surface area (Å²) in [6.45, 7) is 7.37. The van der Waals surface area contributed by atoms with Crippen molar-refractivity contribution in [2.75, 3.05) is 0 Å². The van der Waals surface area contributed by atoms with Crippen molar-refractivity contribution in [2.45, 2.75) is 33.2 Å². The van der Waals surface area contributed by atoms with E-state index in [0.717, 1.165) is 5.56 Å². The third kappa shape index (κ3) is 4.12. The van der Waals surface area contributed by atoms with Gasteiger partial charge < -0.3 is 4.84 Å². The van der Waals surface area contributed by atoms with Crippen molar-refractivity contribution in [2.24, 2.45) is 5.16 Å². The Kier molecular flexibility index (Phi) is 5.12. The van der Waals surface area contributed by atoms with Crippen LogP contribution in [-0.4, -0.2) is 15.5 Å². The number of aromatic nitrogens is 2. The zero-order chi connectivity index (χ0) is 17.2. The fourth-order valence-electron chi connectivity index (χ4n) is 1.82. The molecule has 0 aliphatic rings. The Morgan fingerprint density at radius 2 is 1.83 bits per heavy atom. The molecule has 0 fully saturated rings. The molecule has 0 radical (unpaired) electrons. The smallest absolute Gasteiger partial charge is 0.289 e. The highest BCUT2D eigenvalue weighted by molar-refractivity contribution is 6.31. The number of hydrogen-bond donors (Lipinski definition) is 0. The summed E-state index contributed by atoms with van der Waals surface area (Å²) >= 11 is 11.9. The minimum absolute atomic E-state index is 0.0532. The fraction of sp³-hybridized carbons (Fsp3) is 0.312. The summed E-state index contributed by atoms with van der Waals surface area (Å²) in [5.41, 5.74) is 0.581. The average molecular weight is 354 g/mol. The number of oxime groups is 1. The second kappa shape index (κ2) is 6.72. The van der Waals surface area contributed by atoms with Crippen molar-refractivity contribution >= 4 is 28.9 Å². The van der Waals surface area contributed by atoms with Crippen molar-refractivity contribution < 1.29 is 4.84 Å². The predicted molar refractivity (Wildman–Crippen MR) is 92.8 cm³/mol. The molecule has 0 atom stereocenters. The van der Waals surface area contributed by atoms with Crippen molar-refractivity contribution in [3.63, 3.8) is 0 Å². The van der Waals surface area contributed by atoms with Gasteiger partial charge in [0.1, 0.15) is 0 Å². The van der Waals surface area contributed by atoms with E-state index in [1.54, 1.807) is 19.1 Å². The Morgan fingerprint density at radius 3 is 2.39 bits per heavy atom. The molecule has 0 aliphatic heterocycles. The highest BCUT2D eigenvalue weighted by atomic mass is 35.5. The molecule has 2 aromatic rings. The topological polar surface area (TPSA) is 56.5 Å². The van der Waals surface area contributed by atoms with Crippen LogP contribution in [0.3, 0.4) is 0 Å². The van der Waals surface area contributed by atoms with Gasteiger partial charge in [-0.25, -0.2) is 4.68 Å². The molecular formula is C16H17Cl2N3O2. The monoisotopic (exact) mass is 353 g/mol. The van der Waals surface area contributed by atoms with E-state index in [1.165, 1.54) is 10.9 Å². The summed E-state index contributed by atoms with van der Waals surface area (Å²) in [6.07, 6.45) is 1.38. The van der Waals surface area contributed by atoms with Crippen LogP contribution in [-0.2, 0) is 5.54 Å². The first-order valence-electron chi connectivity index (χ1n) is 6.96. The Hall–Kier alpha value is -1.85. The van der Waals surface area contributed by atoms with Crippen LogP contribution in [0.4, 0.5) is 0 Å². The highest BCUT2D eigenvalue weighted by Gasteiger charge is 2.20. The van der Waals surface area contributed by atoms with Gasteiger partial charge in [-0.15, -0.1) is 0 Å². The molecule has 0 spiro atoms. The van der Waals surface area contributed by atoms with Gasteiger partial charge in [-0.2, -0.15) is 5.10 Å². The summed E-state index contributed by atoms with van der Waals surface area (Å²) in [5, 5.41) is 8.66. The molecule has 23 heavy (non-hydrogen) atoms. The van der Waals surface area contributed by atoms with Crippen LogP contribution in [0, 0.1) is 0 Å². The van der Waals surface area contributed by atoms with Gasteiger partial charge in [-0.3, -0.25) is 4.79 Å². The van der Waals surface area contributed by atoms with Crippen LogP contribution in [0.5, 0.6) is 5.75 Å². The van der Waals surface area contributed by atoms with Gasteiger partial charge in [0.15, 0.2) is 5.02 Å². The maximum absolute atomic E-state index is 12.2. The van der Waals surface area contributed by atoms with Crippen LogP contribution in [0.1, 0.15) is 33.3 Å². The maximum atomic E-state index is 12.2. The van der Waals surface area contributed by atoms with Gasteiger partial charge in [0, 0.05) is 5.02 Å². The minimum atomic E-state index is -0.470. The van der Waals surface area contributed by atoms with Crippen LogP contribution < -0.4 is 10.4 Å². The average Bonchev–Trinajstić information content (AvgIpc) is 2.48. The Labute approximate surface area is 144 Å². The Balaban J connectivity index is 2.27. The quantitative estimate of drug-likeness (QED) is 0.616. The molecule has 7 heteroatoms. The molecule has 0 saturated carbocycles. The van der Waals surface area contributed by atoms with Crippen LogP contribution >= 0.6 is 23.2 Å². The van der Waals surface area contributed by atoms with E-state index in [2.05, 4.69) is 10.3 Å². The first kappa shape index (κ1) is 17.5. The van der Waals surface area contributed by atoms with E-state index in [9.17, 15) is 4.79 Å². The van der Waals surface area contributed by atoms with Gasteiger partial charge in [-0.05, 0) is 45.4 Å². The lowest BCUT2D eigenvalue weighted by Crippen LogP contribution is -2.36. The zero-order valence-electron chi connectivity index (χ0n) is 13.3. The first-order chi connectivity index (χ1) is 10.7. The van der Waals surface area contributed by atoms with E-state index >= 15 is 0 Å². The molecule has 0 bridgehead atoms. The van der Waals surface area contributed by atoms with Crippen molar-refractivity contribution in [1.82, 2.24) is 9.78 Å². The van der Waals surface area contributed by atoms with Gasteiger partial charge in [0.05, 0.1) is 17.4 Å². The second-order valence-electron chi connectivity index (χ2n) is 5.99. The van der Waals surface area contributed by atoms with Gasteiger partial charge in [-0.1, -0.05) is 40.5 Å². The lowest BCUT2D eigenvalue weighted by molar-refractivity contribution is 0.313. The third-order valence-corrected chi connectivity index (χ3v) is 3.67. The number of nitrogens with zero attached hydrogens (tertiary/aromatic N) is 3.